The molecule has 136 valence electrons. The van der Waals surface area contributed by atoms with Crippen molar-refractivity contribution in [2.24, 2.45) is 5.92 Å². The van der Waals surface area contributed by atoms with Gasteiger partial charge in [0.25, 0.3) is 0 Å². The standard InChI is InChI=1S/C21H23FN2O2/c1-14-4-3-5-15(2)20(14)24-13-17(12-19(24)25)21(26)23-11-10-16-6-8-18(22)9-7-16/h3-9,17H,10-13H2,1-2H3,(H,23,26). The number of amides is 2. The summed E-state index contributed by atoms with van der Waals surface area (Å²) in [6.07, 6.45) is 0.865. The van der Waals surface area contributed by atoms with E-state index in [1.54, 1.807) is 17.0 Å². The highest BCUT2D eigenvalue weighted by atomic mass is 19.1. The molecule has 0 saturated carbocycles. The molecule has 0 aliphatic carbocycles. The minimum Gasteiger partial charge on any atom is -0.355 e. The van der Waals surface area contributed by atoms with E-state index in [9.17, 15) is 14.0 Å². The van der Waals surface area contributed by atoms with Gasteiger partial charge in [0.05, 0.1) is 5.92 Å². The van der Waals surface area contributed by atoms with E-state index in [1.807, 2.05) is 32.0 Å². The zero-order chi connectivity index (χ0) is 18.7. The molecule has 1 aliphatic heterocycles. The largest absolute Gasteiger partial charge is 0.355 e. The van der Waals surface area contributed by atoms with Gasteiger partial charge in [-0.25, -0.2) is 4.39 Å². The lowest BCUT2D eigenvalue weighted by Crippen LogP contribution is -2.34. The Balaban J connectivity index is 1.58. The van der Waals surface area contributed by atoms with E-state index in [4.69, 9.17) is 0 Å². The molecule has 1 atom stereocenters. The van der Waals surface area contributed by atoms with Gasteiger partial charge >= 0.3 is 0 Å². The van der Waals surface area contributed by atoms with Gasteiger partial charge in [0.2, 0.25) is 11.8 Å². The first-order valence-electron chi connectivity index (χ1n) is 8.84. The lowest BCUT2D eigenvalue weighted by molar-refractivity contribution is -0.126. The van der Waals surface area contributed by atoms with Crippen molar-refractivity contribution in [3.05, 3.63) is 65.0 Å². The van der Waals surface area contributed by atoms with Crippen LogP contribution in [0, 0.1) is 25.6 Å². The number of aryl methyl sites for hydroxylation is 2. The van der Waals surface area contributed by atoms with Crippen LogP contribution in [0.15, 0.2) is 42.5 Å². The molecule has 2 aromatic carbocycles. The molecule has 0 bridgehead atoms. The molecular formula is C21H23FN2O2. The maximum Gasteiger partial charge on any atom is 0.227 e. The summed E-state index contributed by atoms with van der Waals surface area (Å²) in [7, 11) is 0. The summed E-state index contributed by atoms with van der Waals surface area (Å²) in [6, 6.07) is 12.2. The maximum atomic E-state index is 12.9. The molecule has 26 heavy (non-hydrogen) atoms. The van der Waals surface area contributed by atoms with Crippen molar-refractivity contribution in [1.82, 2.24) is 5.32 Å². The molecule has 0 radical (unpaired) electrons. The van der Waals surface area contributed by atoms with Crippen LogP contribution in [-0.2, 0) is 16.0 Å². The topological polar surface area (TPSA) is 49.4 Å². The lowest BCUT2D eigenvalue weighted by Gasteiger charge is -2.21. The summed E-state index contributed by atoms with van der Waals surface area (Å²) in [5.74, 6) is -0.723. The second-order valence-electron chi connectivity index (χ2n) is 6.81. The fourth-order valence-electron chi connectivity index (χ4n) is 3.46. The summed E-state index contributed by atoms with van der Waals surface area (Å²) >= 11 is 0. The third-order valence-corrected chi connectivity index (χ3v) is 4.83. The van der Waals surface area contributed by atoms with Crippen LogP contribution < -0.4 is 10.2 Å². The highest BCUT2D eigenvalue weighted by Gasteiger charge is 2.36. The number of para-hydroxylation sites is 1. The van der Waals surface area contributed by atoms with Gasteiger partial charge in [-0.2, -0.15) is 0 Å². The molecule has 0 spiro atoms. The van der Waals surface area contributed by atoms with Crippen LogP contribution >= 0.6 is 0 Å². The van der Waals surface area contributed by atoms with Crippen LogP contribution in [0.5, 0.6) is 0 Å². The predicted octanol–water partition coefficient (Wildman–Crippen LogP) is 3.15. The van der Waals surface area contributed by atoms with Crippen LogP contribution in [0.1, 0.15) is 23.1 Å². The molecule has 1 fully saturated rings. The molecular weight excluding hydrogens is 331 g/mol. The van der Waals surface area contributed by atoms with E-state index in [1.165, 1.54) is 12.1 Å². The predicted molar refractivity (Wildman–Crippen MR) is 99.5 cm³/mol. The van der Waals surface area contributed by atoms with E-state index in [0.29, 0.717) is 19.5 Å². The monoisotopic (exact) mass is 354 g/mol. The Labute approximate surface area is 153 Å². The molecule has 0 aromatic heterocycles. The number of anilines is 1. The van der Waals surface area contributed by atoms with Crippen molar-refractivity contribution in [3.8, 4) is 0 Å². The van der Waals surface area contributed by atoms with Crippen LogP contribution in [0.3, 0.4) is 0 Å². The van der Waals surface area contributed by atoms with E-state index in [2.05, 4.69) is 5.32 Å². The minimum absolute atomic E-state index is 0.0129. The maximum absolute atomic E-state index is 12.9. The van der Waals surface area contributed by atoms with Gasteiger partial charge in [-0.15, -0.1) is 0 Å². The van der Waals surface area contributed by atoms with E-state index >= 15 is 0 Å². The summed E-state index contributed by atoms with van der Waals surface area (Å²) in [5.41, 5.74) is 3.96. The normalized spacial score (nSPS) is 16.8. The lowest BCUT2D eigenvalue weighted by atomic mass is 10.1. The summed E-state index contributed by atoms with van der Waals surface area (Å²) in [6.45, 7) is 4.84. The number of hydrogen-bond acceptors (Lipinski definition) is 2. The number of carbonyl (C=O) groups is 2. The summed E-state index contributed by atoms with van der Waals surface area (Å²) in [4.78, 5) is 26.6. The van der Waals surface area contributed by atoms with E-state index < -0.39 is 0 Å². The fourth-order valence-corrected chi connectivity index (χ4v) is 3.46. The SMILES string of the molecule is Cc1cccc(C)c1N1CC(C(=O)NCCc2ccc(F)cc2)CC1=O. The van der Waals surface area contributed by atoms with Crippen molar-refractivity contribution in [1.29, 1.82) is 0 Å². The molecule has 2 aromatic rings. The zero-order valence-electron chi connectivity index (χ0n) is 15.1. The van der Waals surface area contributed by atoms with Crippen molar-refractivity contribution in [2.75, 3.05) is 18.0 Å². The van der Waals surface area contributed by atoms with Gasteiger partial charge < -0.3 is 10.2 Å². The fraction of sp³-hybridized carbons (Fsp3) is 0.333. The van der Waals surface area contributed by atoms with Crippen molar-refractivity contribution >= 4 is 17.5 Å². The van der Waals surface area contributed by atoms with Crippen LogP contribution in [0.4, 0.5) is 10.1 Å². The van der Waals surface area contributed by atoms with Crippen molar-refractivity contribution in [3.63, 3.8) is 0 Å². The molecule has 5 heteroatoms. The molecule has 2 amide bonds. The molecule has 4 nitrogen and oxygen atoms in total. The highest BCUT2D eigenvalue weighted by Crippen LogP contribution is 2.30. The molecule has 1 aliphatic rings. The van der Waals surface area contributed by atoms with E-state index in [0.717, 1.165) is 22.4 Å². The van der Waals surface area contributed by atoms with Gasteiger partial charge in [-0.3, -0.25) is 9.59 Å². The first-order valence-corrected chi connectivity index (χ1v) is 8.84. The number of hydrogen-bond donors (Lipinski definition) is 1. The molecule has 1 unspecified atom stereocenters. The number of carbonyl (C=O) groups excluding carboxylic acids is 2. The molecule has 1 N–H and O–H groups in total. The Morgan fingerprint density at radius 1 is 1.15 bits per heavy atom. The Hall–Kier alpha value is -2.69. The van der Waals surface area contributed by atoms with Gasteiger partial charge in [-0.1, -0.05) is 30.3 Å². The van der Waals surface area contributed by atoms with Crippen LogP contribution in [0.25, 0.3) is 0 Å². The molecule has 1 heterocycles. The minimum atomic E-state index is -0.338. The van der Waals surface area contributed by atoms with Crippen molar-refractivity contribution in [2.45, 2.75) is 26.7 Å². The number of benzene rings is 2. The second-order valence-corrected chi connectivity index (χ2v) is 6.81. The number of rotatable bonds is 5. The van der Waals surface area contributed by atoms with Gasteiger partial charge in [0.15, 0.2) is 0 Å². The highest BCUT2D eigenvalue weighted by molar-refractivity contribution is 6.01. The Morgan fingerprint density at radius 2 is 1.81 bits per heavy atom. The van der Waals surface area contributed by atoms with Gasteiger partial charge in [0.1, 0.15) is 5.82 Å². The Morgan fingerprint density at radius 3 is 2.46 bits per heavy atom. The summed E-state index contributed by atoms with van der Waals surface area (Å²) in [5, 5.41) is 2.90. The molecule has 3 rings (SSSR count). The van der Waals surface area contributed by atoms with Crippen molar-refractivity contribution < 1.29 is 14.0 Å². The Bertz CT molecular complexity index is 797. The summed E-state index contributed by atoms with van der Waals surface area (Å²) < 4.78 is 12.9. The number of nitrogens with zero attached hydrogens (tertiary/aromatic N) is 1. The average Bonchev–Trinajstić information content (AvgIpc) is 2.98. The van der Waals surface area contributed by atoms with Gasteiger partial charge in [0, 0.05) is 25.2 Å². The third kappa shape index (κ3) is 3.93. The van der Waals surface area contributed by atoms with Crippen LogP contribution in [-0.4, -0.2) is 24.9 Å². The quantitative estimate of drug-likeness (QED) is 0.897. The third-order valence-electron chi connectivity index (χ3n) is 4.83. The van der Waals surface area contributed by atoms with E-state index in [-0.39, 0.29) is 30.0 Å². The zero-order valence-corrected chi connectivity index (χ0v) is 15.1. The van der Waals surface area contributed by atoms with Crippen LogP contribution in [0.2, 0.25) is 0 Å². The first-order chi connectivity index (χ1) is 12.5. The number of halogens is 1. The second kappa shape index (κ2) is 7.68. The van der Waals surface area contributed by atoms with Gasteiger partial charge in [-0.05, 0) is 49.1 Å². The smallest absolute Gasteiger partial charge is 0.227 e. The molecule has 1 saturated heterocycles. The average molecular weight is 354 g/mol. The number of nitrogens with one attached hydrogen (secondary N) is 1. The first kappa shape index (κ1) is 18.1. The Kier molecular flexibility index (Phi) is 5.35.